The molecule has 0 unspecified atom stereocenters. The van der Waals surface area contributed by atoms with Crippen molar-refractivity contribution in [2.24, 2.45) is 7.05 Å². The lowest BCUT2D eigenvalue weighted by atomic mass is 10.1. The molecule has 1 saturated heterocycles. The summed E-state index contributed by atoms with van der Waals surface area (Å²) >= 11 is 0. The number of nitriles is 1. The molecule has 1 fully saturated rings. The molecule has 0 aliphatic carbocycles. The van der Waals surface area contributed by atoms with Gasteiger partial charge in [-0.05, 0) is 29.8 Å². The molecule has 1 atom stereocenters. The maximum Gasteiger partial charge on any atom is 0.140 e. The van der Waals surface area contributed by atoms with Crippen LogP contribution in [-0.4, -0.2) is 29.2 Å². The Morgan fingerprint density at radius 2 is 2.27 bits per heavy atom. The van der Waals surface area contributed by atoms with E-state index in [0.717, 1.165) is 12.1 Å². The van der Waals surface area contributed by atoms with E-state index in [4.69, 9.17) is 10.00 Å². The Labute approximate surface area is 129 Å². The molecular weight excluding hydrogens is 281 g/mol. The fourth-order valence-corrected chi connectivity index (χ4v) is 2.91. The second kappa shape index (κ2) is 6.30. The number of ether oxygens (including phenoxy) is 1. The van der Waals surface area contributed by atoms with Crippen LogP contribution in [-0.2, 0) is 18.3 Å². The van der Waals surface area contributed by atoms with Gasteiger partial charge in [0.05, 0.1) is 24.8 Å². The average molecular weight is 299 g/mol. The third-order valence-electron chi connectivity index (χ3n) is 4.10. The molecule has 1 aromatic carbocycles. The number of aryl methyl sites for hydroxylation is 1. The lowest BCUT2D eigenvalue weighted by molar-refractivity contribution is -0.0152. The van der Waals surface area contributed by atoms with Gasteiger partial charge in [-0.1, -0.05) is 6.07 Å². The Morgan fingerprint density at radius 3 is 3.00 bits per heavy atom. The van der Waals surface area contributed by atoms with Crippen LogP contribution in [0.2, 0.25) is 0 Å². The van der Waals surface area contributed by atoms with Gasteiger partial charge >= 0.3 is 0 Å². The molecule has 0 saturated carbocycles. The number of aromatic nitrogens is 1. The van der Waals surface area contributed by atoms with E-state index in [1.807, 2.05) is 25.4 Å². The van der Waals surface area contributed by atoms with E-state index in [1.54, 1.807) is 12.1 Å². The molecule has 3 rings (SSSR count). The smallest absolute Gasteiger partial charge is 0.140 e. The SMILES string of the molecule is Cn1cccc1[C@H]1COCCN1Cc1ccc(F)c(C#N)c1. The molecule has 0 radical (unpaired) electrons. The number of halogens is 1. The topological polar surface area (TPSA) is 41.2 Å². The summed E-state index contributed by atoms with van der Waals surface area (Å²) in [6, 6.07) is 10.9. The Hall–Kier alpha value is -2.16. The molecule has 5 heteroatoms. The Morgan fingerprint density at radius 1 is 1.41 bits per heavy atom. The van der Waals surface area contributed by atoms with Gasteiger partial charge in [0.15, 0.2) is 0 Å². The van der Waals surface area contributed by atoms with Gasteiger partial charge in [0, 0.05) is 32.0 Å². The second-order valence-electron chi connectivity index (χ2n) is 5.53. The van der Waals surface area contributed by atoms with Crippen LogP contribution in [0.3, 0.4) is 0 Å². The number of rotatable bonds is 3. The quantitative estimate of drug-likeness (QED) is 0.875. The maximum atomic E-state index is 13.4. The molecule has 0 amide bonds. The summed E-state index contributed by atoms with van der Waals surface area (Å²) in [5.41, 5.74) is 2.24. The van der Waals surface area contributed by atoms with Crippen molar-refractivity contribution in [1.29, 1.82) is 5.26 Å². The molecule has 0 spiro atoms. The Balaban J connectivity index is 1.83. The lowest BCUT2D eigenvalue weighted by Crippen LogP contribution is -2.39. The van der Waals surface area contributed by atoms with Crippen LogP contribution in [0.1, 0.15) is 22.9 Å². The first-order chi connectivity index (χ1) is 10.7. The minimum Gasteiger partial charge on any atom is -0.378 e. The average Bonchev–Trinajstić information content (AvgIpc) is 2.96. The highest BCUT2D eigenvalue weighted by atomic mass is 19.1. The van der Waals surface area contributed by atoms with Gasteiger partial charge in [0.25, 0.3) is 0 Å². The van der Waals surface area contributed by atoms with Crippen LogP contribution in [0.5, 0.6) is 0 Å². The molecule has 2 heterocycles. The highest BCUT2D eigenvalue weighted by molar-refractivity contribution is 5.34. The van der Waals surface area contributed by atoms with Crippen molar-refractivity contribution in [2.45, 2.75) is 12.6 Å². The minimum atomic E-state index is -0.466. The molecule has 114 valence electrons. The fraction of sp³-hybridized carbons (Fsp3) is 0.353. The highest BCUT2D eigenvalue weighted by Gasteiger charge is 2.26. The third kappa shape index (κ3) is 2.89. The molecule has 1 aromatic heterocycles. The van der Waals surface area contributed by atoms with E-state index >= 15 is 0 Å². The van der Waals surface area contributed by atoms with Crippen LogP contribution in [0.4, 0.5) is 4.39 Å². The third-order valence-corrected chi connectivity index (χ3v) is 4.10. The van der Waals surface area contributed by atoms with Crippen LogP contribution in [0.15, 0.2) is 36.5 Å². The summed E-state index contributed by atoms with van der Waals surface area (Å²) in [5, 5.41) is 8.96. The van der Waals surface area contributed by atoms with Crippen LogP contribution >= 0.6 is 0 Å². The van der Waals surface area contributed by atoms with Crippen LogP contribution < -0.4 is 0 Å². The van der Waals surface area contributed by atoms with Gasteiger partial charge in [-0.3, -0.25) is 4.90 Å². The monoisotopic (exact) mass is 299 g/mol. The van der Waals surface area contributed by atoms with Gasteiger partial charge in [0.1, 0.15) is 11.9 Å². The first-order valence-electron chi connectivity index (χ1n) is 7.30. The van der Waals surface area contributed by atoms with Crippen molar-refractivity contribution in [2.75, 3.05) is 19.8 Å². The van der Waals surface area contributed by atoms with Crippen molar-refractivity contribution in [3.8, 4) is 6.07 Å². The molecule has 4 nitrogen and oxygen atoms in total. The second-order valence-corrected chi connectivity index (χ2v) is 5.53. The minimum absolute atomic E-state index is 0.0983. The molecule has 1 aliphatic heterocycles. The van der Waals surface area contributed by atoms with E-state index in [-0.39, 0.29) is 11.6 Å². The summed E-state index contributed by atoms with van der Waals surface area (Å²) in [6.45, 7) is 2.82. The first-order valence-corrected chi connectivity index (χ1v) is 7.30. The number of benzene rings is 1. The van der Waals surface area contributed by atoms with Crippen molar-refractivity contribution in [1.82, 2.24) is 9.47 Å². The van der Waals surface area contributed by atoms with Crippen molar-refractivity contribution >= 4 is 0 Å². The fourth-order valence-electron chi connectivity index (χ4n) is 2.91. The Bertz CT molecular complexity index is 704. The van der Waals surface area contributed by atoms with E-state index in [1.165, 1.54) is 11.8 Å². The number of nitrogens with zero attached hydrogens (tertiary/aromatic N) is 3. The largest absolute Gasteiger partial charge is 0.378 e. The summed E-state index contributed by atoms with van der Waals surface area (Å²) in [5.74, 6) is -0.466. The summed E-state index contributed by atoms with van der Waals surface area (Å²) in [4.78, 5) is 2.31. The zero-order chi connectivity index (χ0) is 15.5. The van der Waals surface area contributed by atoms with Crippen molar-refractivity contribution in [3.05, 3.63) is 59.2 Å². The van der Waals surface area contributed by atoms with Gasteiger partial charge < -0.3 is 9.30 Å². The predicted octanol–water partition coefficient (Wildman–Crippen LogP) is 2.61. The van der Waals surface area contributed by atoms with E-state index in [0.29, 0.717) is 19.8 Å². The molecule has 1 aliphatic rings. The van der Waals surface area contributed by atoms with Crippen molar-refractivity contribution < 1.29 is 9.13 Å². The summed E-state index contributed by atoms with van der Waals surface area (Å²) in [6.07, 6.45) is 2.02. The van der Waals surface area contributed by atoms with Gasteiger partial charge in [0.2, 0.25) is 0 Å². The normalized spacial score (nSPS) is 19.0. The van der Waals surface area contributed by atoms with Gasteiger partial charge in [-0.15, -0.1) is 0 Å². The highest BCUT2D eigenvalue weighted by Crippen LogP contribution is 2.26. The number of morpholine rings is 1. The number of hydrogen-bond acceptors (Lipinski definition) is 3. The van der Waals surface area contributed by atoms with Gasteiger partial charge in [-0.25, -0.2) is 4.39 Å². The van der Waals surface area contributed by atoms with Crippen LogP contribution in [0, 0.1) is 17.1 Å². The van der Waals surface area contributed by atoms with E-state index in [9.17, 15) is 4.39 Å². The molecule has 0 bridgehead atoms. The zero-order valence-corrected chi connectivity index (χ0v) is 12.5. The summed E-state index contributed by atoms with van der Waals surface area (Å²) in [7, 11) is 2.02. The van der Waals surface area contributed by atoms with Crippen molar-refractivity contribution in [3.63, 3.8) is 0 Å². The zero-order valence-electron chi connectivity index (χ0n) is 12.5. The lowest BCUT2D eigenvalue weighted by Gasteiger charge is -2.36. The maximum absolute atomic E-state index is 13.4. The Kier molecular flexibility index (Phi) is 4.23. The van der Waals surface area contributed by atoms with Crippen LogP contribution in [0.25, 0.3) is 0 Å². The molecular formula is C17H18FN3O. The molecule has 2 aromatic rings. The molecule has 22 heavy (non-hydrogen) atoms. The predicted molar refractivity (Wildman–Crippen MR) is 80.5 cm³/mol. The van der Waals surface area contributed by atoms with E-state index < -0.39 is 5.82 Å². The standard InChI is InChI=1S/C17H18FN3O/c1-20-6-2-3-16(20)17-12-22-8-7-21(17)11-13-4-5-15(18)14(9-13)10-19/h2-6,9,17H,7-8,11-12H2,1H3/t17-/m1/s1. The van der Waals surface area contributed by atoms with Gasteiger partial charge in [-0.2, -0.15) is 5.26 Å². The van der Waals surface area contributed by atoms with E-state index in [2.05, 4.69) is 15.5 Å². The first kappa shape index (κ1) is 14.8. The molecule has 0 N–H and O–H groups in total. The number of hydrogen-bond donors (Lipinski definition) is 0. The summed E-state index contributed by atoms with van der Waals surface area (Å²) < 4.78 is 21.2.